The standard InChI is InChI=1S/C44H26O/c1-2-14-27(15-3-1)40-32-20-8-10-22-34(32)41(35-23-11-9-21-33(35)40)38-26-39-42-31-19-7-4-16-28(31)29-17-5-13-25-37(29)44(42)45-43(39)36-24-12-6-18-30(36)38/h1-26H. The Balaban J connectivity index is 1.44. The molecule has 1 heterocycles. The van der Waals surface area contributed by atoms with E-state index in [1.165, 1.54) is 70.7 Å². The molecule has 0 bridgehead atoms. The maximum absolute atomic E-state index is 6.93. The zero-order valence-electron chi connectivity index (χ0n) is 24.4. The van der Waals surface area contributed by atoms with Gasteiger partial charge in [0.15, 0.2) is 0 Å². The normalized spacial score (nSPS) is 12.0. The van der Waals surface area contributed by atoms with E-state index in [9.17, 15) is 0 Å². The lowest BCUT2D eigenvalue weighted by molar-refractivity contribution is 0.676. The molecule has 10 rings (SSSR count). The average Bonchev–Trinajstić information content (AvgIpc) is 3.51. The Morgan fingerprint density at radius 2 is 0.711 bits per heavy atom. The van der Waals surface area contributed by atoms with E-state index in [4.69, 9.17) is 4.42 Å². The van der Waals surface area contributed by atoms with Crippen LogP contribution in [0, 0.1) is 0 Å². The van der Waals surface area contributed by atoms with Crippen LogP contribution >= 0.6 is 0 Å². The highest BCUT2D eigenvalue weighted by molar-refractivity contribution is 6.34. The Hall–Kier alpha value is -5.92. The van der Waals surface area contributed by atoms with Gasteiger partial charge in [-0.25, -0.2) is 0 Å². The Kier molecular flexibility index (Phi) is 5.06. The van der Waals surface area contributed by atoms with Gasteiger partial charge < -0.3 is 4.42 Å². The van der Waals surface area contributed by atoms with Gasteiger partial charge in [0.1, 0.15) is 11.2 Å². The monoisotopic (exact) mass is 570 g/mol. The summed E-state index contributed by atoms with van der Waals surface area (Å²) >= 11 is 0. The highest BCUT2D eigenvalue weighted by Gasteiger charge is 2.22. The van der Waals surface area contributed by atoms with E-state index in [2.05, 4.69) is 158 Å². The first kappa shape index (κ1) is 24.5. The molecular formula is C44H26O. The fraction of sp³-hybridized carbons (Fsp3) is 0. The molecule has 1 nitrogen and oxygen atoms in total. The number of benzene rings is 9. The molecule has 1 heteroatoms. The molecule has 0 aliphatic heterocycles. The third-order valence-electron chi connectivity index (χ3n) is 9.62. The summed E-state index contributed by atoms with van der Waals surface area (Å²) in [6.45, 7) is 0. The molecule has 0 spiro atoms. The fourth-order valence-electron chi connectivity index (χ4n) is 7.77. The van der Waals surface area contributed by atoms with Crippen LogP contribution in [-0.2, 0) is 0 Å². The summed E-state index contributed by atoms with van der Waals surface area (Å²) in [7, 11) is 0. The summed E-state index contributed by atoms with van der Waals surface area (Å²) in [5.41, 5.74) is 6.90. The summed E-state index contributed by atoms with van der Waals surface area (Å²) in [5, 5.41) is 14.5. The Morgan fingerprint density at radius 1 is 0.289 bits per heavy atom. The van der Waals surface area contributed by atoms with E-state index >= 15 is 0 Å². The lowest BCUT2D eigenvalue weighted by atomic mass is 9.84. The van der Waals surface area contributed by atoms with Gasteiger partial charge in [-0.3, -0.25) is 0 Å². The molecule has 208 valence electrons. The van der Waals surface area contributed by atoms with Crippen molar-refractivity contribution in [1.82, 2.24) is 0 Å². The fourth-order valence-corrected chi connectivity index (χ4v) is 7.77. The van der Waals surface area contributed by atoms with Crippen LogP contribution < -0.4 is 0 Å². The molecule has 0 unspecified atom stereocenters. The van der Waals surface area contributed by atoms with Crippen molar-refractivity contribution in [3.8, 4) is 22.3 Å². The molecule has 1 aromatic heterocycles. The number of rotatable bonds is 2. The van der Waals surface area contributed by atoms with Crippen LogP contribution in [0.2, 0.25) is 0 Å². The summed E-state index contributed by atoms with van der Waals surface area (Å²) in [4.78, 5) is 0. The lowest BCUT2D eigenvalue weighted by Crippen LogP contribution is -1.91. The van der Waals surface area contributed by atoms with Gasteiger partial charge in [0.05, 0.1) is 0 Å². The number of furan rings is 1. The smallest absolute Gasteiger partial charge is 0.143 e. The number of hydrogen-bond donors (Lipinski definition) is 0. The molecule has 0 atom stereocenters. The molecule has 0 radical (unpaired) electrons. The summed E-state index contributed by atoms with van der Waals surface area (Å²) < 4.78 is 6.93. The molecule has 0 saturated carbocycles. The zero-order chi connectivity index (χ0) is 29.5. The second kappa shape index (κ2) is 9.29. The van der Waals surface area contributed by atoms with Crippen molar-refractivity contribution in [1.29, 1.82) is 0 Å². The number of fused-ring (bicyclic) bond motifs is 12. The molecule has 0 aliphatic rings. The van der Waals surface area contributed by atoms with Crippen LogP contribution in [0.15, 0.2) is 162 Å². The molecule has 0 N–H and O–H groups in total. The maximum Gasteiger partial charge on any atom is 0.143 e. The summed E-state index contributed by atoms with van der Waals surface area (Å²) in [6.07, 6.45) is 0. The predicted molar refractivity (Wildman–Crippen MR) is 192 cm³/mol. The topological polar surface area (TPSA) is 13.1 Å². The largest absolute Gasteiger partial charge is 0.455 e. The van der Waals surface area contributed by atoms with Crippen molar-refractivity contribution >= 4 is 75.8 Å². The minimum absolute atomic E-state index is 0.945. The van der Waals surface area contributed by atoms with Gasteiger partial charge in [-0.15, -0.1) is 0 Å². The van der Waals surface area contributed by atoms with Crippen molar-refractivity contribution < 1.29 is 4.42 Å². The van der Waals surface area contributed by atoms with Crippen molar-refractivity contribution in [3.05, 3.63) is 158 Å². The van der Waals surface area contributed by atoms with E-state index in [1.54, 1.807) is 0 Å². The number of hydrogen-bond acceptors (Lipinski definition) is 1. The molecule has 45 heavy (non-hydrogen) atoms. The molecule has 9 aromatic carbocycles. The van der Waals surface area contributed by atoms with Crippen LogP contribution in [0.4, 0.5) is 0 Å². The van der Waals surface area contributed by atoms with Crippen molar-refractivity contribution in [2.24, 2.45) is 0 Å². The van der Waals surface area contributed by atoms with Gasteiger partial charge in [0.2, 0.25) is 0 Å². The van der Waals surface area contributed by atoms with Gasteiger partial charge in [0.25, 0.3) is 0 Å². The van der Waals surface area contributed by atoms with E-state index < -0.39 is 0 Å². The Bertz CT molecular complexity index is 2740. The van der Waals surface area contributed by atoms with Gasteiger partial charge in [-0.1, -0.05) is 152 Å². The first-order valence-electron chi connectivity index (χ1n) is 15.5. The van der Waals surface area contributed by atoms with Crippen LogP contribution in [-0.4, -0.2) is 0 Å². The third-order valence-corrected chi connectivity index (χ3v) is 9.62. The van der Waals surface area contributed by atoms with E-state index in [1.807, 2.05) is 0 Å². The minimum Gasteiger partial charge on any atom is -0.455 e. The van der Waals surface area contributed by atoms with Gasteiger partial charge in [-0.2, -0.15) is 0 Å². The van der Waals surface area contributed by atoms with Crippen molar-refractivity contribution in [2.45, 2.75) is 0 Å². The van der Waals surface area contributed by atoms with Gasteiger partial charge >= 0.3 is 0 Å². The second-order valence-corrected chi connectivity index (χ2v) is 12.0. The highest BCUT2D eigenvalue weighted by atomic mass is 16.3. The van der Waals surface area contributed by atoms with Crippen molar-refractivity contribution in [3.63, 3.8) is 0 Å². The van der Waals surface area contributed by atoms with Gasteiger partial charge in [-0.05, 0) is 71.4 Å². The predicted octanol–water partition coefficient (Wildman–Crippen LogP) is 12.7. The average molecular weight is 571 g/mol. The quantitative estimate of drug-likeness (QED) is 0.149. The zero-order valence-corrected chi connectivity index (χ0v) is 24.4. The Labute approximate surface area is 259 Å². The van der Waals surface area contributed by atoms with Crippen LogP contribution in [0.5, 0.6) is 0 Å². The minimum atomic E-state index is 0.945. The third kappa shape index (κ3) is 3.38. The molecule has 0 saturated heterocycles. The second-order valence-electron chi connectivity index (χ2n) is 12.0. The first-order valence-corrected chi connectivity index (χ1v) is 15.5. The summed E-state index contributed by atoms with van der Waals surface area (Å²) in [5.74, 6) is 0. The first-order chi connectivity index (χ1) is 22.4. The molecule has 0 amide bonds. The maximum atomic E-state index is 6.93. The lowest BCUT2D eigenvalue weighted by Gasteiger charge is -2.19. The summed E-state index contributed by atoms with van der Waals surface area (Å²) in [6, 6.07) is 57.1. The SMILES string of the molecule is c1ccc(-c2c3ccccc3c(-c3cc4c(oc5c6ccccc6c6ccccc6c45)c4ccccc34)c3ccccc23)cc1. The molecular weight excluding hydrogens is 544 g/mol. The van der Waals surface area contributed by atoms with Crippen LogP contribution in [0.3, 0.4) is 0 Å². The molecule has 0 fully saturated rings. The van der Waals surface area contributed by atoms with Crippen molar-refractivity contribution in [2.75, 3.05) is 0 Å². The highest BCUT2D eigenvalue weighted by Crippen LogP contribution is 2.49. The van der Waals surface area contributed by atoms with E-state index in [0.717, 1.165) is 27.3 Å². The van der Waals surface area contributed by atoms with E-state index in [0.29, 0.717) is 0 Å². The Morgan fingerprint density at radius 3 is 1.31 bits per heavy atom. The van der Waals surface area contributed by atoms with Crippen LogP contribution in [0.25, 0.3) is 98.1 Å². The molecule has 0 aliphatic carbocycles. The van der Waals surface area contributed by atoms with Crippen LogP contribution in [0.1, 0.15) is 0 Å². The van der Waals surface area contributed by atoms with E-state index in [-0.39, 0.29) is 0 Å². The molecule has 10 aromatic rings. The van der Waals surface area contributed by atoms with Gasteiger partial charge in [0, 0.05) is 21.5 Å².